The van der Waals surface area contributed by atoms with Gasteiger partial charge in [-0.1, -0.05) is 60.7 Å². The summed E-state index contributed by atoms with van der Waals surface area (Å²) in [6.45, 7) is 0. The lowest BCUT2D eigenvalue weighted by Crippen LogP contribution is -2.34. The maximum absolute atomic E-state index is 12.8. The summed E-state index contributed by atoms with van der Waals surface area (Å²) in [4.78, 5) is 12.8. The van der Waals surface area contributed by atoms with E-state index in [4.69, 9.17) is 12.2 Å². The molecule has 0 atom stereocenters. The summed E-state index contributed by atoms with van der Waals surface area (Å²) in [6, 6.07) is 24.1. The van der Waals surface area contributed by atoms with Crippen molar-refractivity contribution in [3.63, 3.8) is 0 Å². The minimum atomic E-state index is -0.208. The van der Waals surface area contributed by atoms with Crippen LogP contribution in [-0.4, -0.2) is 11.0 Å². The molecule has 4 aromatic rings. The average molecular weight is 382 g/mol. The van der Waals surface area contributed by atoms with Crippen molar-refractivity contribution in [3.05, 3.63) is 89.5 Å². The lowest BCUT2D eigenvalue weighted by atomic mass is 10.0. The quantitative estimate of drug-likeness (QED) is 0.467. The van der Waals surface area contributed by atoms with Crippen molar-refractivity contribution in [2.75, 3.05) is 5.32 Å². The van der Waals surface area contributed by atoms with Gasteiger partial charge in [0, 0.05) is 16.6 Å². The Morgan fingerprint density at radius 2 is 1.50 bits per heavy atom. The Kier molecular flexibility index (Phi) is 4.06. The summed E-state index contributed by atoms with van der Waals surface area (Å²) in [5, 5.41) is 10.8. The second-order valence-corrected chi connectivity index (χ2v) is 7.46. The molecule has 0 radical (unpaired) electrons. The average Bonchev–Trinajstić information content (AvgIpc) is 3.14. The fraction of sp³-hybridized carbons (Fsp3) is 0.0833. The second-order valence-electron chi connectivity index (χ2n) is 7.05. The van der Waals surface area contributed by atoms with Crippen LogP contribution in [0.25, 0.3) is 21.5 Å². The predicted octanol–water partition coefficient (Wildman–Crippen LogP) is 5.22. The molecule has 0 aliphatic heterocycles. The highest BCUT2D eigenvalue weighted by Gasteiger charge is 2.17. The lowest BCUT2D eigenvalue weighted by Gasteiger charge is -2.14. The molecule has 0 saturated heterocycles. The van der Waals surface area contributed by atoms with Crippen molar-refractivity contribution in [2.24, 2.45) is 0 Å². The SMILES string of the molecule is O=C(NC(=S)Nc1ccc2c3c(cccc13)CC2)c1cccc2ccccc12. The number of anilines is 1. The molecule has 2 N–H and O–H groups in total. The minimum absolute atomic E-state index is 0.208. The number of rotatable bonds is 2. The summed E-state index contributed by atoms with van der Waals surface area (Å²) < 4.78 is 0. The maximum Gasteiger partial charge on any atom is 0.258 e. The molecule has 3 nitrogen and oxygen atoms in total. The van der Waals surface area contributed by atoms with Gasteiger partial charge in [-0.2, -0.15) is 0 Å². The highest BCUT2D eigenvalue weighted by atomic mass is 32.1. The zero-order chi connectivity index (χ0) is 19.1. The van der Waals surface area contributed by atoms with E-state index in [0.29, 0.717) is 10.7 Å². The van der Waals surface area contributed by atoms with Crippen LogP contribution >= 0.6 is 12.2 Å². The first-order chi connectivity index (χ1) is 13.7. The number of aryl methyl sites for hydroxylation is 2. The second kappa shape index (κ2) is 6.73. The molecule has 4 heteroatoms. The van der Waals surface area contributed by atoms with Crippen molar-refractivity contribution in [3.8, 4) is 0 Å². The first-order valence-electron chi connectivity index (χ1n) is 9.34. The van der Waals surface area contributed by atoms with Crippen LogP contribution in [0.4, 0.5) is 5.69 Å². The first kappa shape index (κ1) is 16.9. The molecule has 0 spiro atoms. The molecule has 4 aromatic carbocycles. The molecule has 28 heavy (non-hydrogen) atoms. The lowest BCUT2D eigenvalue weighted by molar-refractivity contribution is 0.0979. The van der Waals surface area contributed by atoms with Gasteiger partial charge in [-0.25, -0.2) is 0 Å². The molecule has 1 aliphatic carbocycles. The number of fused-ring (bicyclic) bond motifs is 1. The van der Waals surface area contributed by atoms with Gasteiger partial charge in [0.25, 0.3) is 5.91 Å². The minimum Gasteiger partial charge on any atom is -0.332 e. The van der Waals surface area contributed by atoms with E-state index in [0.717, 1.165) is 34.7 Å². The number of amides is 1. The van der Waals surface area contributed by atoms with Gasteiger partial charge in [-0.05, 0) is 64.5 Å². The standard InChI is InChI=1S/C24H18N2OS/c27-23(19-9-3-6-15-5-1-2-8-18(15)19)26-24(28)25-21-14-13-17-12-11-16-7-4-10-20(21)22(16)17/h1-10,13-14H,11-12H2,(H2,25,26,27,28). The maximum atomic E-state index is 12.8. The summed E-state index contributed by atoms with van der Waals surface area (Å²) in [5.41, 5.74) is 4.29. The Bertz CT molecular complexity index is 1250. The van der Waals surface area contributed by atoms with E-state index in [1.54, 1.807) is 0 Å². The van der Waals surface area contributed by atoms with E-state index in [1.807, 2.05) is 48.5 Å². The molecule has 0 heterocycles. The molecule has 0 saturated carbocycles. The van der Waals surface area contributed by atoms with Crippen molar-refractivity contribution >= 4 is 50.5 Å². The molecular formula is C24H18N2OS. The number of hydrogen-bond donors (Lipinski definition) is 2. The fourth-order valence-electron chi connectivity index (χ4n) is 4.10. The van der Waals surface area contributed by atoms with Crippen LogP contribution in [0, 0.1) is 0 Å². The molecule has 136 valence electrons. The molecule has 5 rings (SSSR count). The van der Waals surface area contributed by atoms with Crippen molar-refractivity contribution in [1.29, 1.82) is 0 Å². The number of carbonyl (C=O) groups is 1. The van der Waals surface area contributed by atoms with E-state index < -0.39 is 0 Å². The Labute approximate surface area is 168 Å². The van der Waals surface area contributed by atoms with Crippen molar-refractivity contribution < 1.29 is 4.79 Å². The van der Waals surface area contributed by atoms with E-state index in [9.17, 15) is 4.79 Å². The normalized spacial score (nSPS) is 12.3. The van der Waals surface area contributed by atoms with Crippen LogP contribution in [0.15, 0.2) is 72.8 Å². The van der Waals surface area contributed by atoms with Crippen LogP contribution in [0.3, 0.4) is 0 Å². The van der Waals surface area contributed by atoms with Gasteiger partial charge in [0.15, 0.2) is 5.11 Å². The van der Waals surface area contributed by atoms with Gasteiger partial charge in [0.2, 0.25) is 0 Å². The first-order valence-corrected chi connectivity index (χ1v) is 9.75. The number of benzene rings is 4. The third-order valence-electron chi connectivity index (χ3n) is 5.39. The molecule has 1 amide bonds. The fourth-order valence-corrected chi connectivity index (χ4v) is 4.31. The number of hydrogen-bond acceptors (Lipinski definition) is 2. The van der Waals surface area contributed by atoms with Gasteiger partial charge >= 0.3 is 0 Å². The topological polar surface area (TPSA) is 41.1 Å². The number of nitrogens with one attached hydrogen (secondary N) is 2. The highest BCUT2D eigenvalue weighted by molar-refractivity contribution is 7.80. The highest BCUT2D eigenvalue weighted by Crippen LogP contribution is 2.35. The van der Waals surface area contributed by atoms with E-state index in [-0.39, 0.29) is 5.91 Å². The van der Waals surface area contributed by atoms with Gasteiger partial charge in [-0.3, -0.25) is 10.1 Å². The van der Waals surface area contributed by atoms with Crippen LogP contribution in [-0.2, 0) is 12.8 Å². The number of carbonyl (C=O) groups excluding carboxylic acids is 1. The Balaban J connectivity index is 1.41. The van der Waals surface area contributed by atoms with E-state index in [2.05, 4.69) is 34.9 Å². The molecule has 0 fully saturated rings. The zero-order valence-electron chi connectivity index (χ0n) is 15.2. The van der Waals surface area contributed by atoms with Gasteiger partial charge in [0.05, 0.1) is 0 Å². The number of thiocarbonyl (C=S) groups is 1. The third kappa shape index (κ3) is 2.83. The Morgan fingerprint density at radius 3 is 2.39 bits per heavy atom. The van der Waals surface area contributed by atoms with Gasteiger partial charge < -0.3 is 5.32 Å². The predicted molar refractivity (Wildman–Crippen MR) is 119 cm³/mol. The van der Waals surface area contributed by atoms with Gasteiger partial charge in [0.1, 0.15) is 0 Å². The Hall–Kier alpha value is -3.24. The van der Waals surface area contributed by atoms with Crippen molar-refractivity contribution in [1.82, 2.24) is 5.32 Å². The van der Waals surface area contributed by atoms with Crippen LogP contribution in [0.1, 0.15) is 21.5 Å². The van der Waals surface area contributed by atoms with E-state index >= 15 is 0 Å². The van der Waals surface area contributed by atoms with Crippen molar-refractivity contribution in [2.45, 2.75) is 12.8 Å². The summed E-state index contributed by atoms with van der Waals surface area (Å²) in [7, 11) is 0. The summed E-state index contributed by atoms with van der Waals surface area (Å²) in [5.74, 6) is -0.208. The van der Waals surface area contributed by atoms with Crippen LogP contribution < -0.4 is 10.6 Å². The monoisotopic (exact) mass is 382 g/mol. The molecule has 0 aromatic heterocycles. The van der Waals surface area contributed by atoms with E-state index in [1.165, 1.54) is 16.5 Å². The Morgan fingerprint density at radius 1 is 0.786 bits per heavy atom. The summed E-state index contributed by atoms with van der Waals surface area (Å²) >= 11 is 5.44. The summed E-state index contributed by atoms with van der Waals surface area (Å²) in [6.07, 6.45) is 2.16. The van der Waals surface area contributed by atoms with Crippen LogP contribution in [0.5, 0.6) is 0 Å². The zero-order valence-corrected chi connectivity index (χ0v) is 16.0. The smallest absolute Gasteiger partial charge is 0.258 e. The molecule has 1 aliphatic rings. The van der Waals surface area contributed by atoms with Crippen LogP contribution in [0.2, 0.25) is 0 Å². The third-order valence-corrected chi connectivity index (χ3v) is 5.59. The largest absolute Gasteiger partial charge is 0.332 e. The molecule has 0 bridgehead atoms. The van der Waals surface area contributed by atoms with Gasteiger partial charge in [-0.15, -0.1) is 0 Å². The molecular weight excluding hydrogens is 364 g/mol. The molecule has 0 unspecified atom stereocenters.